The minimum atomic E-state index is -0.470. The van der Waals surface area contributed by atoms with Crippen molar-refractivity contribution < 1.29 is 9.47 Å². The molecule has 0 bridgehead atoms. The number of benzene rings is 1. The predicted octanol–water partition coefficient (Wildman–Crippen LogP) is 1.15. The highest BCUT2D eigenvalue weighted by Gasteiger charge is 2.06. The van der Waals surface area contributed by atoms with Crippen LogP contribution in [0, 0.1) is 6.92 Å². The molecule has 112 valence electrons. The van der Waals surface area contributed by atoms with Crippen LogP contribution in [0.2, 0.25) is 0 Å². The highest BCUT2D eigenvalue weighted by atomic mass is 16.5. The summed E-state index contributed by atoms with van der Waals surface area (Å²) in [5, 5.41) is 9.25. The van der Waals surface area contributed by atoms with Gasteiger partial charge in [-0.2, -0.15) is 10.1 Å². The fourth-order valence-corrected chi connectivity index (χ4v) is 1.95. The summed E-state index contributed by atoms with van der Waals surface area (Å²) >= 11 is 0. The zero-order chi connectivity index (χ0) is 15.2. The molecule has 2 rings (SSSR count). The molecule has 7 heteroatoms. The Morgan fingerprint density at radius 3 is 2.81 bits per heavy atom. The summed E-state index contributed by atoms with van der Waals surface area (Å²) in [6.45, 7) is 2.37. The van der Waals surface area contributed by atoms with Gasteiger partial charge in [-0.3, -0.25) is 0 Å². The third-order valence-corrected chi connectivity index (χ3v) is 3.05. The van der Waals surface area contributed by atoms with Gasteiger partial charge < -0.3 is 14.8 Å². The van der Waals surface area contributed by atoms with E-state index in [1.165, 1.54) is 0 Å². The van der Waals surface area contributed by atoms with Crippen molar-refractivity contribution in [3.8, 4) is 11.5 Å². The Morgan fingerprint density at radius 2 is 2.10 bits per heavy atom. The Hall–Kier alpha value is -2.57. The molecule has 1 aromatic heterocycles. The van der Waals surface area contributed by atoms with Crippen LogP contribution >= 0.6 is 0 Å². The van der Waals surface area contributed by atoms with Crippen molar-refractivity contribution in [3.63, 3.8) is 0 Å². The summed E-state index contributed by atoms with van der Waals surface area (Å²) in [5.74, 6) is 2.06. The lowest BCUT2D eigenvalue weighted by molar-refractivity contribution is 0.399. The Morgan fingerprint density at radius 1 is 1.29 bits per heavy atom. The first kappa shape index (κ1) is 14.8. The van der Waals surface area contributed by atoms with E-state index >= 15 is 0 Å². The van der Waals surface area contributed by atoms with Crippen molar-refractivity contribution in [2.24, 2.45) is 0 Å². The van der Waals surface area contributed by atoms with E-state index in [0.717, 1.165) is 17.1 Å². The van der Waals surface area contributed by atoms with Crippen molar-refractivity contribution >= 4 is 5.82 Å². The smallest absolute Gasteiger partial charge is 0.363 e. The lowest BCUT2D eigenvalue weighted by atomic mass is 10.1. The molecule has 0 saturated heterocycles. The highest BCUT2D eigenvalue weighted by Crippen LogP contribution is 2.24. The molecule has 0 aliphatic carbocycles. The van der Waals surface area contributed by atoms with Gasteiger partial charge in [0.25, 0.3) is 0 Å². The number of nitrogens with zero attached hydrogens (tertiary/aromatic N) is 2. The minimum absolute atomic E-state index is 0.470. The first-order valence-corrected chi connectivity index (χ1v) is 6.52. The predicted molar refractivity (Wildman–Crippen MR) is 79.1 cm³/mol. The van der Waals surface area contributed by atoms with Gasteiger partial charge in [0.1, 0.15) is 17.2 Å². The maximum atomic E-state index is 11.2. The lowest BCUT2D eigenvalue weighted by Gasteiger charge is -2.11. The van der Waals surface area contributed by atoms with Crippen molar-refractivity contribution in [2.75, 3.05) is 26.1 Å². The second-order valence-corrected chi connectivity index (χ2v) is 4.43. The molecule has 0 aliphatic heterocycles. The van der Waals surface area contributed by atoms with E-state index in [2.05, 4.69) is 20.5 Å². The second-order valence-electron chi connectivity index (χ2n) is 4.43. The molecule has 21 heavy (non-hydrogen) atoms. The van der Waals surface area contributed by atoms with E-state index in [1.807, 2.05) is 18.2 Å². The summed E-state index contributed by atoms with van der Waals surface area (Å²) < 4.78 is 10.5. The van der Waals surface area contributed by atoms with Gasteiger partial charge in [0, 0.05) is 6.54 Å². The topological polar surface area (TPSA) is 89.1 Å². The zero-order valence-electron chi connectivity index (χ0n) is 12.3. The molecule has 7 nitrogen and oxygen atoms in total. The van der Waals surface area contributed by atoms with Crippen molar-refractivity contribution in [3.05, 3.63) is 39.9 Å². The van der Waals surface area contributed by atoms with Gasteiger partial charge in [-0.25, -0.2) is 9.89 Å². The van der Waals surface area contributed by atoms with Crippen LogP contribution in [0.4, 0.5) is 5.82 Å². The molecule has 0 amide bonds. The van der Waals surface area contributed by atoms with Crippen LogP contribution in [0.5, 0.6) is 11.5 Å². The zero-order valence-corrected chi connectivity index (χ0v) is 12.3. The molecule has 0 radical (unpaired) electrons. The molecule has 0 aliphatic rings. The fraction of sp³-hybridized carbons (Fsp3) is 0.357. The Labute approximate surface area is 122 Å². The van der Waals surface area contributed by atoms with Gasteiger partial charge in [-0.15, -0.1) is 0 Å². The Bertz CT molecular complexity index is 670. The largest absolute Gasteiger partial charge is 0.497 e. The van der Waals surface area contributed by atoms with Crippen LogP contribution < -0.4 is 20.5 Å². The van der Waals surface area contributed by atoms with Crippen LogP contribution in [-0.2, 0) is 6.42 Å². The molecular weight excluding hydrogens is 272 g/mol. The molecule has 2 aromatic rings. The third kappa shape index (κ3) is 3.71. The van der Waals surface area contributed by atoms with Crippen LogP contribution in [0.1, 0.15) is 11.3 Å². The minimum Gasteiger partial charge on any atom is -0.497 e. The van der Waals surface area contributed by atoms with Crippen LogP contribution in [-0.4, -0.2) is 35.9 Å². The number of H-pyrrole nitrogens is 1. The molecule has 0 fully saturated rings. The average molecular weight is 290 g/mol. The maximum Gasteiger partial charge on any atom is 0.363 e. The molecule has 1 aromatic carbocycles. The monoisotopic (exact) mass is 290 g/mol. The lowest BCUT2D eigenvalue weighted by Crippen LogP contribution is -2.18. The summed E-state index contributed by atoms with van der Waals surface area (Å²) in [7, 11) is 3.25. The van der Waals surface area contributed by atoms with Gasteiger partial charge in [-0.05, 0) is 37.1 Å². The Kier molecular flexibility index (Phi) is 4.76. The number of hydrogen-bond acceptors (Lipinski definition) is 6. The number of anilines is 1. The van der Waals surface area contributed by atoms with Crippen LogP contribution in [0.3, 0.4) is 0 Å². The van der Waals surface area contributed by atoms with E-state index in [1.54, 1.807) is 21.1 Å². The van der Waals surface area contributed by atoms with E-state index < -0.39 is 5.69 Å². The summed E-state index contributed by atoms with van der Waals surface area (Å²) in [6.07, 6.45) is 0.703. The number of rotatable bonds is 6. The van der Waals surface area contributed by atoms with Crippen LogP contribution in [0.15, 0.2) is 23.0 Å². The van der Waals surface area contributed by atoms with E-state index in [4.69, 9.17) is 9.47 Å². The average Bonchev–Trinajstić information content (AvgIpc) is 2.50. The second kappa shape index (κ2) is 6.74. The van der Waals surface area contributed by atoms with E-state index in [0.29, 0.717) is 24.5 Å². The van der Waals surface area contributed by atoms with Crippen molar-refractivity contribution in [2.45, 2.75) is 13.3 Å². The third-order valence-electron chi connectivity index (χ3n) is 3.05. The van der Waals surface area contributed by atoms with Crippen molar-refractivity contribution in [1.29, 1.82) is 0 Å². The SMILES string of the molecule is COc1ccc(OC)c(CCNc2nc(=O)[nH]nc2C)c1. The molecule has 0 saturated carbocycles. The number of aromatic nitrogens is 3. The normalized spacial score (nSPS) is 10.2. The number of hydrogen-bond donors (Lipinski definition) is 2. The van der Waals surface area contributed by atoms with Gasteiger partial charge in [0.05, 0.1) is 14.2 Å². The number of methoxy groups -OCH3 is 2. The number of aryl methyl sites for hydroxylation is 1. The summed E-state index contributed by atoms with van der Waals surface area (Å²) in [6, 6.07) is 5.64. The molecular formula is C14H18N4O3. The fourth-order valence-electron chi connectivity index (χ4n) is 1.95. The highest BCUT2D eigenvalue weighted by molar-refractivity contribution is 5.42. The molecule has 0 spiro atoms. The number of aromatic amines is 1. The molecule has 2 N–H and O–H groups in total. The van der Waals surface area contributed by atoms with Crippen molar-refractivity contribution in [1.82, 2.24) is 15.2 Å². The first-order valence-electron chi connectivity index (χ1n) is 6.52. The molecule has 1 heterocycles. The summed E-state index contributed by atoms with van der Waals surface area (Å²) in [4.78, 5) is 15.0. The molecule has 0 unspecified atom stereocenters. The van der Waals surface area contributed by atoms with E-state index in [9.17, 15) is 4.79 Å². The first-order chi connectivity index (χ1) is 10.1. The Balaban J connectivity index is 2.06. The number of nitrogens with one attached hydrogen (secondary N) is 2. The maximum absolute atomic E-state index is 11.2. The quantitative estimate of drug-likeness (QED) is 0.829. The standard InChI is InChI=1S/C14H18N4O3/c1-9-13(16-14(19)18-17-9)15-7-6-10-8-11(20-2)4-5-12(10)21-3/h4-5,8H,6-7H2,1-3H3,(H2,15,16,18,19). The van der Waals surface area contributed by atoms with Gasteiger partial charge in [0.2, 0.25) is 0 Å². The number of ether oxygens (including phenoxy) is 2. The van der Waals surface area contributed by atoms with Crippen LogP contribution in [0.25, 0.3) is 0 Å². The molecule has 0 atom stereocenters. The summed E-state index contributed by atoms with van der Waals surface area (Å²) in [5.41, 5.74) is 1.19. The van der Waals surface area contributed by atoms with Gasteiger partial charge >= 0.3 is 5.69 Å². The van der Waals surface area contributed by atoms with Gasteiger partial charge in [-0.1, -0.05) is 0 Å². The van der Waals surface area contributed by atoms with E-state index in [-0.39, 0.29) is 0 Å². The van der Waals surface area contributed by atoms with Gasteiger partial charge in [0.15, 0.2) is 5.82 Å².